The Labute approximate surface area is 232 Å². The Bertz CT molecular complexity index is 1490. The molecule has 2 aliphatic rings. The molecule has 4 aromatic rings. The minimum absolute atomic E-state index is 0.0151. The van der Waals surface area contributed by atoms with Crippen molar-refractivity contribution in [2.75, 3.05) is 39.3 Å². The summed E-state index contributed by atoms with van der Waals surface area (Å²) in [6.45, 7) is 1.84. The smallest absolute Gasteiger partial charge is 0.323 e. The zero-order valence-corrected chi connectivity index (χ0v) is 22.6. The minimum atomic E-state index is -0.895. The van der Waals surface area contributed by atoms with Crippen molar-refractivity contribution in [3.8, 4) is 23.5 Å². The summed E-state index contributed by atoms with van der Waals surface area (Å²) in [6, 6.07) is 27.9. The first-order chi connectivity index (χ1) is 19.6. The van der Waals surface area contributed by atoms with Crippen LogP contribution in [0.1, 0.15) is 16.7 Å². The monoisotopic (exact) mass is 538 g/mol. The quantitative estimate of drug-likeness (QED) is 0.311. The van der Waals surface area contributed by atoms with E-state index in [1.807, 2.05) is 59.5 Å². The van der Waals surface area contributed by atoms with Crippen LogP contribution in [-0.4, -0.2) is 61.3 Å². The molecule has 1 aromatic heterocycles. The summed E-state index contributed by atoms with van der Waals surface area (Å²) in [7, 11) is 4.67. The third-order valence-corrected chi connectivity index (χ3v) is 7.59. The fourth-order valence-electron chi connectivity index (χ4n) is 5.71. The molecule has 0 spiro atoms. The number of carbonyl (C=O) groups is 1. The minimum Gasteiger partial charge on any atom is -0.497 e. The van der Waals surface area contributed by atoms with Crippen molar-refractivity contribution in [1.29, 1.82) is 0 Å². The summed E-state index contributed by atoms with van der Waals surface area (Å²) >= 11 is 0. The molecule has 2 atom stereocenters. The third-order valence-electron chi connectivity index (χ3n) is 7.59. The highest BCUT2D eigenvalue weighted by atomic mass is 16.5. The number of β-lactam (4-membered cyclic amide) rings is 1. The van der Waals surface area contributed by atoms with Crippen LogP contribution in [0.25, 0.3) is 0 Å². The molecule has 2 aliphatic heterocycles. The molecule has 9 nitrogen and oxygen atoms in total. The van der Waals surface area contributed by atoms with Crippen LogP contribution >= 0.6 is 0 Å². The van der Waals surface area contributed by atoms with Gasteiger partial charge in [-0.3, -0.25) is 4.79 Å². The van der Waals surface area contributed by atoms with E-state index in [9.17, 15) is 4.79 Å². The average Bonchev–Trinajstić information content (AvgIpc) is 3.13. The molecule has 0 aliphatic carbocycles. The Morgan fingerprint density at radius 1 is 0.825 bits per heavy atom. The molecule has 9 heteroatoms. The molecule has 0 bridgehead atoms. The lowest BCUT2D eigenvalue weighted by atomic mass is 9.69. The van der Waals surface area contributed by atoms with Crippen molar-refractivity contribution in [3.05, 3.63) is 102 Å². The van der Waals surface area contributed by atoms with Gasteiger partial charge in [-0.15, -0.1) is 0 Å². The first kappa shape index (κ1) is 25.5. The van der Waals surface area contributed by atoms with E-state index in [1.165, 1.54) is 14.2 Å². The molecule has 3 heterocycles. The molecular weight excluding hydrogens is 508 g/mol. The van der Waals surface area contributed by atoms with Crippen molar-refractivity contribution in [2.45, 2.75) is 18.2 Å². The van der Waals surface area contributed by atoms with Gasteiger partial charge in [0, 0.05) is 30.9 Å². The molecule has 1 fully saturated rings. The van der Waals surface area contributed by atoms with Gasteiger partial charge in [-0.2, -0.15) is 9.97 Å². The van der Waals surface area contributed by atoms with Gasteiger partial charge in [0.25, 0.3) is 5.91 Å². The van der Waals surface area contributed by atoms with Crippen LogP contribution in [0.4, 0.5) is 5.69 Å². The van der Waals surface area contributed by atoms with Crippen LogP contribution in [0, 0.1) is 0 Å². The van der Waals surface area contributed by atoms with Gasteiger partial charge >= 0.3 is 6.01 Å². The van der Waals surface area contributed by atoms with Gasteiger partial charge in [-0.1, -0.05) is 60.7 Å². The maximum atomic E-state index is 13.8. The number of rotatable bonds is 8. The number of anilines is 1. The largest absolute Gasteiger partial charge is 0.497 e. The molecule has 1 saturated heterocycles. The highest BCUT2D eigenvalue weighted by Crippen LogP contribution is 2.52. The number of benzene rings is 3. The van der Waals surface area contributed by atoms with Gasteiger partial charge in [0.05, 0.1) is 27.4 Å². The number of nitrogens with zero attached hydrogens (tertiary/aromatic N) is 4. The first-order valence-corrected chi connectivity index (χ1v) is 13.1. The van der Waals surface area contributed by atoms with E-state index in [1.54, 1.807) is 13.2 Å². The van der Waals surface area contributed by atoms with E-state index in [2.05, 4.69) is 39.1 Å². The Morgan fingerprint density at radius 2 is 1.50 bits per heavy atom. The SMILES string of the molecule is COc1ccc(CN2CCN3C(=O)[C@@H](Oc4nc(OC)cc(OC)n4)[C@@]3(c3ccccc3)c3ccccc32)cc1. The van der Waals surface area contributed by atoms with Crippen LogP contribution in [0.15, 0.2) is 84.9 Å². The second kappa shape index (κ2) is 10.4. The lowest BCUT2D eigenvalue weighted by Gasteiger charge is -2.56. The molecule has 3 aromatic carbocycles. The highest BCUT2D eigenvalue weighted by Gasteiger charge is 2.65. The van der Waals surface area contributed by atoms with Crippen molar-refractivity contribution in [1.82, 2.24) is 14.9 Å². The fraction of sp³-hybridized carbons (Fsp3) is 0.258. The number of hydrogen-bond donors (Lipinski definition) is 0. The van der Waals surface area contributed by atoms with Gasteiger partial charge in [0.2, 0.25) is 17.9 Å². The molecule has 0 N–H and O–H groups in total. The van der Waals surface area contributed by atoms with Gasteiger partial charge in [-0.05, 0) is 29.3 Å². The third kappa shape index (κ3) is 4.14. The standard InChI is InChI=1S/C31H30N4O5/c1-37-23-15-13-21(14-16-23)20-34-17-18-35-29(36)28(40-30-32-26(38-2)19-27(33-30)39-3)31(35,22-9-5-4-6-10-22)24-11-7-8-12-25(24)34/h4-16,19,28H,17-18,20H2,1-3H3/t28-,31-/m1/s1. The van der Waals surface area contributed by atoms with Crippen molar-refractivity contribution in [2.24, 2.45) is 0 Å². The second-order valence-corrected chi connectivity index (χ2v) is 9.64. The number of hydrogen-bond acceptors (Lipinski definition) is 8. The topological polar surface area (TPSA) is 86.3 Å². The van der Waals surface area contributed by atoms with E-state index in [0.29, 0.717) is 19.6 Å². The summed E-state index contributed by atoms with van der Waals surface area (Å²) in [5.74, 6) is 1.25. The predicted octanol–water partition coefficient (Wildman–Crippen LogP) is 4.06. The molecule has 40 heavy (non-hydrogen) atoms. The van der Waals surface area contributed by atoms with Gasteiger partial charge in [0.15, 0.2) is 0 Å². The summed E-state index contributed by atoms with van der Waals surface area (Å²) in [6.07, 6.45) is -0.895. The fourth-order valence-corrected chi connectivity index (χ4v) is 5.71. The first-order valence-electron chi connectivity index (χ1n) is 13.1. The van der Waals surface area contributed by atoms with Crippen molar-refractivity contribution in [3.63, 3.8) is 0 Å². The van der Waals surface area contributed by atoms with Crippen LogP contribution in [0.2, 0.25) is 0 Å². The van der Waals surface area contributed by atoms with Crippen molar-refractivity contribution >= 4 is 11.6 Å². The maximum Gasteiger partial charge on any atom is 0.323 e. The van der Waals surface area contributed by atoms with Crippen molar-refractivity contribution < 1.29 is 23.7 Å². The van der Waals surface area contributed by atoms with E-state index in [-0.39, 0.29) is 23.7 Å². The van der Waals surface area contributed by atoms with Crippen LogP contribution in [0.3, 0.4) is 0 Å². The number of aromatic nitrogens is 2. The molecular formula is C31H30N4O5. The lowest BCUT2D eigenvalue weighted by Crippen LogP contribution is -2.74. The molecule has 6 rings (SSSR count). The molecule has 1 amide bonds. The predicted molar refractivity (Wildman–Crippen MR) is 149 cm³/mol. The number of ether oxygens (including phenoxy) is 4. The van der Waals surface area contributed by atoms with E-state index >= 15 is 0 Å². The Balaban J connectivity index is 1.46. The van der Waals surface area contributed by atoms with Crippen LogP contribution < -0.4 is 23.8 Å². The highest BCUT2D eigenvalue weighted by molar-refractivity contribution is 5.94. The van der Waals surface area contributed by atoms with Gasteiger partial charge in [-0.25, -0.2) is 0 Å². The summed E-state index contributed by atoms with van der Waals surface area (Å²) < 4.78 is 22.3. The average molecular weight is 539 g/mol. The molecule has 0 unspecified atom stereocenters. The summed E-state index contributed by atoms with van der Waals surface area (Å²) in [5.41, 5.74) is 3.22. The van der Waals surface area contributed by atoms with E-state index in [0.717, 1.165) is 28.1 Å². The Morgan fingerprint density at radius 3 is 2.17 bits per heavy atom. The molecule has 0 saturated carbocycles. The Kier molecular flexibility index (Phi) is 6.63. The normalized spacial score (nSPS) is 19.6. The number of fused-ring (bicyclic) bond motifs is 3. The zero-order valence-electron chi connectivity index (χ0n) is 22.6. The van der Waals surface area contributed by atoms with Crippen LogP contribution in [0.5, 0.6) is 23.5 Å². The summed E-state index contributed by atoms with van der Waals surface area (Å²) in [4.78, 5) is 26.8. The van der Waals surface area contributed by atoms with E-state index in [4.69, 9.17) is 18.9 Å². The lowest BCUT2D eigenvalue weighted by molar-refractivity contribution is -0.176. The van der Waals surface area contributed by atoms with Gasteiger partial charge in [0.1, 0.15) is 11.3 Å². The molecule has 204 valence electrons. The number of carbonyl (C=O) groups excluding carboxylic acids is 1. The Hall–Kier alpha value is -4.79. The molecule has 0 radical (unpaired) electrons. The number of para-hydroxylation sites is 1. The second-order valence-electron chi connectivity index (χ2n) is 9.64. The maximum absolute atomic E-state index is 13.8. The number of amides is 1. The van der Waals surface area contributed by atoms with E-state index < -0.39 is 11.6 Å². The van der Waals surface area contributed by atoms with Gasteiger partial charge < -0.3 is 28.7 Å². The summed E-state index contributed by atoms with van der Waals surface area (Å²) in [5, 5.41) is 0. The number of methoxy groups -OCH3 is 3. The van der Waals surface area contributed by atoms with Crippen LogP contribution in [-0.2, 0) is 16.9 Å². The zero-order chi connectivity index (χ0) is 27.7.